The fraction of sp³-hybridized carbons (Fsp3) is 0. The van der Waals surface area contributed by atoms with Gasteiger partial charge in [0.15, 0.2) is 0 Å². The lowest BCUT2D eigenvalue weighted by molar-refractivity contribution is 1.49. The lowest BCUT2D eigenvalue weighted by atomic mass is 9.89. The summed E-state index contributed by atoms with van der Waals surface area (Å²) >= 11 is 0. The molecule has 1 heteroatoms. The minimum atomic E-state index is 0.661. The van der Waals surface area contributed by atoms with E-state index in [1.54, 1.807) is 0 Å². The molecule has 198 valence electrons. The number of hydrogen-bond donors (Lipinski definition) is 0. The van der Waals surface area contributed by atoms with Gasteiger partial charge < -0.3 is 0 Å². The van der Waals surface area contributed by atoms with E-state index in [1.807, 2.05) is 48.5 Å². The molecule has 1 nitrogen and oxygen atoms in total. The highest BCUT2D eigenvalue weighted by Gasteiger charge is 2.14. The van der Waals surface area contributed by atoms with Crippen LogP contribution in [0.2, 0.25) is 0 Å². The third-order valence-electron chi connectivity index (χ3n) is 7.38. The summed E-state index contributed by atoms with van der Waals surface area (Å²) in [5.41, 5.74) is 11.5. The van der Waals surface area contributed by atoms with Gasteiger partial charge in [-0.05, 0) is 56.2 Å². The van der Waals surface area contributed by atoms with Crippen molar-refractivity contribution in [2.75, 3.05) is 0 Å². The topological polar surface area (TPSA) is 23.8 Å². The SMILES string of the molecule is N#CC(=C(c1ccccc1)c1ccccc1)c1ccc(-c2ccc(C=C(c3ccccc3)c3ccccc3)cc2)cc1. The Balaban J connectivity index is 1.33. The zero-order valence-electron chi connectivity index (χ0n) is 23.2. The molecular formula is C41H29N. The van der Waals surface area contributed by atoms with Gasteiger partial charge in [0.25, 0.3) is 0 Å². The Bertz CT molecular complexity index is 1780. The van der Waals surface area contributed by atoms with Crippen molar-refractivity contribution in [3.8, 4) is 17.2 Å². The summed E-state index contributed by atoms with van der Waals surface area (Å²) in [5, 5.41) is 10.3. The second-order valence-electron chi connectivity index (χ2n) is 10.1. The summed E-state index contributed by atoms with van der Waals surface area (Å²) in [6.07, 6.45) is 2.25. The molecule has 0 unspecified atom stereocenters. The fourth-order valence-electron chi connectivity index (χ4n) is 5.27. The van der Waals surface area contributed by atoms with Crippen molar-refractivity contribution < 1.29 is 0 Å². The van der Waals surface area contributed by atoms with Crippen molar-refractivity contribution in [1.82, 2.24) is 0 Å². The standard InChI is InChI=1S/C41H29N/c42-30-40(41(37-17-9-3-10-18-37)38-19-11-4-12-20-38)36-27-25-33(26-28-36)32-23-21-31(22-24-32)29-39(34-13-5-1-6-14-34)35-15-7-2-8-16-35/h1-29H. The molecule has 0 saturated carbocycles. The van der Waals surface area contributed by atoms with E-state index in [2.05, 4.69) is 133 Å². The van der Waals surface area contributed by atoms with E-state index in [0.717, 1.165) is 39.0 Å². The van der Waals surface area contributed by atoms with Crippen molar-refractivity contribution in [2.24, 2.45) is 0 Å². The van der Waals surface area contributed by atoms with E-state index in [0.29, 0.717) is 5.57 Å². The van der Waals surface area contributed by atoms with Gasteiger partial charge in [0.1, 0.15) is 6.07 Å². The van der Waals surface area contributed by atoms with Crippen LogP contribution in [0.5, 0.6) is 0 Å². The zero-order valence-corrected chi connectivity index (χ0v) is 23.2. The summed E-state index contributed by atoms with van der Waals surface area (Å²) in [6.45, 7) is 0. The number of rotatable bonds is 7. The summed E-state index contributed by atoms with van der Waals surface area (Å²) in [7, 11) is 0. The highest BCUT2D eigenvalue weighted by molar-refractivity contribution is 6.03. The van der Waals surface area contributed by atoms with Crippen molar-refractivity contribution in [2.45, 2.75) is 0 Å². The van der Waals surface area contributed by atoms with Crippen molar-refractivity contribution in [1.29, 1.82) is 5.26 Å². The second kappa shape index (κ2) is 12.6. The largest absolute Gasteiger partial charge is 0.192 e. The molecule has 0 saturated heterocycles. The Morgan fingerprint density at radius 1 is 0.405 bits per heavy atom. The molecule has 0 heterocycles. The molecule has 0 N–H and O–H groups in total. The molecule has 42 heavy (non-hydrogen) atoms. The van der Waals surface area contributed by atoms with Gasteiger partial charge in [-0.2, -0.15) is 5.26 Å². The molecule has 6 aromatic rings. The van der Waals surface area contributed by atoms with Crippen LogP contribution in [0.4, 0.5) is 0 Å². The molecule has 0 aromatic heterocycles. The van der Waals surface area contributed by atoms with Crippen LogP contribution in [0.1, 0.15) is 33.4 Å². The van der Waals surface area contributed by atoms with Crippen molar-refractivity contribution >= 4 is 22.8 Å². The molecule has 0 amide bonds. The maximum Gasteiger partial charge on any atom is 0.100 e. The highest BCUT2D eigenvalue weighted by atomic mass is 14.3. The fourth-order valence-corrected chi connectivity index (χ4v) is 5.27. The summed E-state index contributed by atoms with van der Waals surface area (Å²) in [4.78, 5) is 0. The summed E-state index contributed by atoms with van der Waals surface area (Å²) < 4.78 is 0. The average Bonchev–Trinajstić information content (AvgIpc) is 3.08. The smallest absolute Gasteiger partial charge is 0.100 e. The van der Waals surface area contributed by atoms with E-state index in [4.69, 9.17) is 0 Å². The molecule has 0 spiro atoms. The van der Waals surface area contributed by atoms with Crippen LogP contribution in [0, 0.1) is 11.3 Å². The lowest BCUT2D eigenvalue weighted by Gasteiger charge is -2.13. The Morgan fingerprint density at radius 2 is 0.786 bits per heavy atom. The third kappa shape index (κ3) is 5.89. The molecule has 6 aromatic carbocycles. The number of allylic oxidation sites excluding steroid dienone is 1. The second-order valence-corrected chi connectivity index (χ2v) is 10.1. The summed E-state index contributed by atoms with van der Waals surface area (Å²) in [5.74, 6) is 0. The first-order valence-corrected chi connectivity index (χ1v) is 14.1. The van der Waals surface area contributed by atoms with Crippen LogP contribution in [0.25, 0.3) is 33.9 Å². The zero-order chi connectivity index (χ0) is 28.6. The van der Waals surface area contributed by atoms with E-state index in [9.17, 15) is 5.26 Å². The predicted octanol–water partition coefficient (Wildman–Crippen LogP) is 10.4. The Hall–Kier alpha value is -5.71. The first-order valence-electron chi connectivity index (χ1n) is 14.1. The van der Waals surface area contributed by atoms with Gasteiger partial charge in [-0.25, -0.2) is 0 Å². The molecule has 0 atom stereocenters. The third-order valence-corrected chi connectivity index (χ3v) is 7.38. The van der Waals surface area contributed by atoms with Gasteiger partial charge in [-0.15, -0.1) is 0 Å². The normalized spacial score (nSPS) is 10.4. The number of nitriles is 1. The number of benzene rings is 6. The van der Waals surface area contributed by atoms with Crippen LogP contribution in [0.3, 0.4) is 0 Å². The quantitative estimate of drug-likeness (QED) is 0.147. The van der Waals surface area contributed by atoms with Crippen molar-refractivity contribution in [3.63, 3.8) is 0 Å². The Morgan fingerprint density at radius 3 is 1.19 bits per heavy atom. The molecule has 6 rings (SSSR count). The van der Waals surface area contributed by atoms with E-state index >= 15 is 0 Å². The van der Waals surface area contributed by atoms with E-state index < -0.39 is 0 Å². The average molecular weight is 536 g/mol. The van der Waals surface area contributed by atoms with Crippen LogP contribution < -0.4 is 0 Å². The van der Waals surface area contributed by atoms with Gasteiger partial charge in [-0.3, -0.25) is 0 Å². The first-order chi connectivity index (χ1) is 20.8. The molecule has 0 aliphatic carbocycles. The monoisotopic (exact) mass is 535 g/mol. The molecular weight excluding hydrogens is 506 g/mol. The minimum absolute atomic E-state index is 0.661. The highest BCUT2D eigenvalue weighted by Crippen LogP contribution is 2.33. The Labute approximate surface area is 248 Å². The molecule has 0 radical (unpaired) electrons. The molecule has 0 fully saturated rings. The van der Waals surface area contributed by atoms with Gasteiger partial charge in [0, 0.05) is 5.57 Å². The van der Waals surface area contributed by atoms with Crippen LogP contribution in [-0.4, -0.2) is 0 Å². The summed E-state index contributed by atoms with van der Waals surface area (Å²) in [6, 6.07) is 60.8. The predicted molar refractivity (Wildman–Crippen MR) is 176 cm³/mol. The van der Waals surface area contributed by atoms with Crippen molar-refractivity contribution in [3.05, 3.63) is 203 Å². The van der Waals surface area contributed by atoms with Crippen LogP contribution >= 0.6 is 0 Å². The lowest BCUT2D eigenvalue weighted by Crippen LogP contribution is -1.94. The molecule has 0 aliphatic rings. The maximum atomic E-state index is 10.3. The van der Waals surface area contributed by atoms with Gasteiger partial charge >= 0.3 is 0 Å². The Kier molecular flexibility index (Phi) is 7.98. The van der Waals surface area contributed by atoms with Gasteiger partial charge in [0.2, 0.25) is 0 Å². The molecule has 0 aliphatic heterocycles. The van der Waals surface area contributed by atoms with Gasteiger partial charge in [-0.1, -0.05) is 170 Å². The van der Waals surface area contributed by atoms with Gasteiger partial charge in [0.05, 0.1) is 5.57 Å². The minimum Gasteiger partial charge on any atom is -0.192 e. The molecule has 0 bridgehead atoms. The van der Waals surface area contributed by atoms with E-state index in [1.165, 1.54) is 16.7 Å². The number of hydrogen-bond acceptors (Lipinski definition) is 1. The van der Waals surface area contributed by atoms with Crippen LogP contribution in [0.15, 0.2) is 170 Å². The van der Waals surface area contributed by atoms with Crippen LogP contribution in [-0.2, 0) is 0 Å². The maximum absolute atomic E-state index is 10.3. The number of nitrogens with zero attached hydrogens (tertiary/aromatic N) is 1. The van der Waals surface area contributed by atoms with E-state index in [-0.39, 0.29) is 0 Å². The first kappa shape index (κ1) is 26.5.